The normalized spacial score (nSPS) is 23.6. The molecule has 2 aliphatic rings. The molecule has 2 atom stereocenters. The highest BCUT2D eigenvalue weighted by atomic mass is 19.4. The summed E-state index contributed by atoms with van der Waals surface area (Å²) in [6.45, 7) is 4.42. The number of hydrogen-bond acceptors (Lipinski definition) is 2. The Hall–Kier alpha value is -1.53. The Kier molecular flexibility index (Phi) is 4.97. The highest BCUT2D eigenvalue weighted by molar-refractivity contribution is 5.85. The fraction of sp³-hybridized carbons (Fsp3) is 0.619. The van der Waals surface area contributed by atoms with Gasteiger partial charge in [-0.15, -0.1) is 0 Å². The number of alkyl halides is 3. The summed E-state index contributed by atoms with van der Waals surface area (Å²) in [6.07, 6.45) is -0.0659. The molecule has 6 heteroatoms. The fourth-order valence-corrected chi connectivity index (χ4v) is 4.88. The number of hydrogen-bond donors (Lipinski definition) is 1. The van der Waals surface area contributed by atoms with Gasteiger partial charge in [-0.25, -0.2) is 0 Å². The zero-order chi connectivity index (χ0) is 19.2. The lowest BCUT2D eigenvalue weighted by molar-refractivity contribution is -0.137. The molecule has 0 saturated carbocycles. The maximum absolute atomic E-state index is 13.1. The van der Waals surface area contributed by atoms with E-state index in [4.69, 9.17) is 0 Å². The summed E-state index contributed by atoms with van der Waals surface area (Å²) in [5, 5.41) is 0.767. The Morgan fingerprint density at radius 2 is 2.00 bits per heavy atom. The van der Waals surface area contributed by atoms with Crippen molar-refractivity contribution in [1.29, 1.82) is 0 Å². The van der Waals surface area contributed by atoms with E-state index >= 15 is 0 Å². The number of fused-ring (bicyclic) bond motifs is 4. The molecule has 2 aromatic rings. The first kappa shape index (κ1) is 18.8. The largest absolute Gasteiger partial charge is 0.416 e. The fourth-order valence-electron chi connectivity index (χ4n) is 4.88. The second kappa shape index (κ2) is 7.13. The SMILES string of the molecule is CN(C)CCCN1CCC2Cc3[nH]c4ccc(C(F)(F)F)cc4c3CC2C1. The van der Waals surface area contributed by atoms with Crippen LogP contribution in [-0.2, 0) is 19.0 Å². The molecule has 1 N–H and O–H groups in total. The van der Waals surface area contributed by atoms with Crippen molar-refractivity contribution >= 4 is 10.9 Å². The lowest BCUT2D eigenvalue weighted by Gasteiger charge is -2.41. The number of benzene rings is 1. The minimum absolute atomic E-state index is 0.548. The third-order valence-corrected chi connectivity index (χ3v) is 6.31. The van der Waals surface area contributed by atoms with E-state index in [1.165, 1.54) is 18.6 Å². The van der Waals surface area contributed by atoms with Gasteiger partial charge in [0.05, 0.1) is 5.56 Å². The van der Waals surface area contributed by atoms with Crippen molar-refractivity contribution in [3.05, 3.63) is 35.0 Å². The first-order valence-corrected chi connectivity index (χ1v) is 9.89. The van der Waals surface area contributed by atoms with E-state index < -0.39 is 11.7 Å². The van der Waals surface area contributed by atoms with Gasteiger partial charge in [-0.05, 0) is 95.0 Å². The molecule has 0 bridgehead atoms. The van der Waals surface area contributed by atoms with E-state index in [2.05, 4.69) is 28.9 Å². The van der Waals surface area contributed by atoms with E-state index in [1.807, 2.05) is 0 Å². The highest BCUT2D eigenvalue weighted by Crippen LogP contribution is 2.40. The number of nitrogens with zero attached hydrogens (tertiary/aromatic N) is 2. The topological polar surface area (TPSA) is 22.3 Å². The van der Waals surface area contributed by atoms with Crippen molar-refractivity contribution in [2.24, 2.45) is 11.8 Å². The molecule has 0 spiro atoms. The zero-order valence-electron chi connectivity index (χ0n) is 16.1. The van der Waals surface area contributed by atoms with E-state index in [0.29, 0.717) is 11.8 Å². The van der Waals surface area contributed by atoms with Crippen LogP contribution >= 0.6 is 0 Å². The number of H-pyrrole nitrogens is 1. The number of halogens is 3. The lowest BCUT2D eigenvalue weighted by atomic mass is 9.74. The summed E-state index contributed by atoms with van der Waals surface area (Å²) in [7, 11) is 4.20. The molecule has 0 amide bonds. The van der Waals surface area contributed by atoms with Crippen LogP contribution in [0.4, 0.5) is 13.2 Å². The molecule has 148 valence electrons. The molecule has 1 fully saturated rings. The minimum atomic E-state index is -4.29. The number of aromatic nitrogens is 1. The Bertz CT molecular complexity index is 809. The van der Waals surface area contributed by atoms with Crippen molar-refractivity contribution in [3.8, 4) is 0 Å². The summed E-state index contributed by atoms with van der Waals surface area (Å²) in [4.78, 5) is 8.16. The quantitative estimate of drug-likeness (QED) is 0.861. The van der Waals surface area contributed by atoms with Gasteiger partial charge in [-0.1, -0.05) is 0 Å². The van der Waals surface area contributed by atoms with Crippen LogP contribution in [-0.4, -0.2) is 55.1 Å². The second-order valence-electron chi connectivity index (χ2n) is 8.51. The number of likely N-dealkylation sites (tertiary alicyclic amines) is 1. The predicted octanol–water partition coefficient (Wildman–Crippen LogP) is 4.18. The molecule has 1 saturated heterocycles. The Morgan fingerprint density at radius 1 is 1.19 bits per heavy atom. The van der Waals surface area contributed by atoms with Crippen LogP contribution in [0.15, 0.2) is 18.2 Å². The number of rotatable bonds is 4. The van der Waals surface area contributed by atoms with Crippen LogP contribution in [0.25, 0.3) is 10.9 Å². The molecule has 4 rings (SSSR count). The molecule has 27 heavy (non-hydrogen) atoms. The number of aromatic amines is 1. The molecule has 1 aliphatic carbocycles. The molecular weight excluding hydrogens is 351 g/mol. The van der Waals surface area contributed by atoms with Gasteiger partial charge in [0, 0.05) is 23.1 Å². The minimum Gasteiger partial charge on any atom is -0.358 e. The van der Waals surface area contributed by atoms with E-state index in [-0.39, 0.29) is 0 Å². The molecule has 0 radical (unpaired) electrons. The van der Waals surface area contributed by atoms with Crippen LogP contribution in [0.2, 0.25) is 0 Å². The Balaban J connectivity index is 1.53. The van der Waals surface area contributed by atoms with E-state index in [9.17, 15) is 13.2 Å². The molecule has 1 aromatic heterocycles. The van der Waals surface area contributed by atoms with Crippen LogP contribution in [0, 0.1) is 11.8 Å². The number of nitrogens with one attached hydrogen (secondary N) is 1. The smallest absolute Gasteiger partial charge is 0.358 e. The summed E-state index contributed by atoms with van der Waals surface area (Å²) in [5.74, 6) is 1.21. The van der Waals surface area contributed by atoms with Crippen molar-refractivity contribution in [3.63, 3.8) is 0 Å². The van der Waals surface area contributed by atoms with Crippen LogP contribution in [0.1, 0.15) is 29.7 Å². The molecule has 2 heterocycles. The van der Waals surface area contributed by atoms with Crippen LogP contribution < -0.4 is 0 Å². The van der Waals surface area contributed by atoms with Gasteiger partial charge in [0.25, 0.3) is 0 Å². The van der Waals surface area contributed by atoms with Gasteiger partial charge in [0.1, 0.15) is 0 Å². The van der Waals surface area contributed by atoms with Crippen molar-refractivity contribution in [2.45, 2.75) is 31.9 Å². The zero-order valence-corrected chi connectivity index (χ0v) is 16.1. The van der Waals surface area contributed by atoms with Gasteiger partial charge in [0.15, 0.2) is 0 Å². The van der Waals surface area contributed by atoms with Gasteiger partial charge in [0.2, 0.25) is 0 Å². The first-order chi connectivity index (χ1) is 12.8. The second-order valence-corrected chi connectivity index (χ2v) is 8.51. The number of piperidine rings is 1. The Morgan fingerprint density at radius 3 is 2.74 bits per heavy atom. The third kappa shape index (κ3) is 3.87. The summed E-state index contributed by atoms with van der Waals surface area (Å²) >= 11 is 0. The monoisotopic (exact) mass is 379 g/mol. The lowest BCUT2D eigenvalue weighted by Crippen LogP contribution is -2.44. The van der Waals surface area contributed by atoms with Gasteiger partial charge >= 0.3 is 6.18 Å². The van der Waals surface area contributed by atoms with Gasteiger partial charge in [-0.2, -0.15) is 13.2 Å². The van der Waals surface area contributed by atoms with Crippen LogP contribution in [0.3, 0.4) is 0 Å². The molecule has 1 aromatic carbocycles. The molecule has 3 nitrogen and oxygen atoms in total. The molecule has 1 aliphatic heterocycles. The molecular formula is C21H28F3N3. The van der Waals surface area contributed by atoms with Crippen molar-refractivity contribution in [1.82, 2.24) is 14.8 Å². The van der Waals surface area contributed by atoms with Crippen LogP contribution in [0.5, 0.6) is 0 Å². The van der Waals surface area contributed by atoms with Crippen molar-refractivity contribution in [2.75, 3.05) is 40.3 Å². The van der Waals surface area contributed by atoms with Crippen molar-refractivity contribution < 1.29 is 13.2 Å². The maximum Gasteiger partial charge on any atom is 0.416 e. The predicted molar refractivity (Wildman–Crippen MR) is 102 cm³/mol. The third-order valence-electron chi connectivity index (χ3n) is 6.31. The first-order valence-electron chi connectivity index (χ1n) is 9.89. The summed E-state index contributed by atoms with van der Waals surface area (Å²) in [5.41, 5.74) is 2.57. The van der Waals surface area contributed by atoms with Gasteiger partial charge < -0.3 is 14.8 Å². The Labute approximate surface area is 158 Å². The van der Waals surface area contributed by atoms with Gasteiger partial charge in [-0.3, -0.25) is 0 Å². The summed E-state index contributed by atoms with van der Waals surface area (Å²) < 4.78 is 39.4. The highest BCUT2D eigenvalue weighted by Gasteiger charge is 2.36. The average Bonchev–Trinajstić information content (AvgIpc) is 2.95. The average molecular weight is 379 g/mol. The van der Waals surface area contributed by atoms with E-state index in [0.717, 1.165) is 67.6 Å². The molecule has 2 unspecified atom stereocenters. The standard InChI is InChI=1S/C21H28F3N3/c1-26(2)7-3-8-27-9-6-14-11-20-17(10-15(14)13-27)18-12-16(21(22,23)24)4-5-19(18)25-20/h4-5,12,14-15,25H,3,6-11,13H2,1-2H3. The summed E-state index contributed by atoms with van der Waals surface area (Å²) in [6, 6.07) is 4.11. The maximum atomic E-state index is 13.1. The van der Waals surface area contributed by atoms with E-state index in [1.54, 1.807) is 6.07 Å².